The number of carbonyl (C=O) groups excluding carboxylic acids is 1. The number of aromatic nitrogens is 1. The first-order chi connectivity index (χ1) is 14.5. The van der Waals surface area contributed by atoms with E-state index in [1.54, 1.807) is 16.2 Å². The van der Waals surface area contributed by atoms with Crippen LogP contribution in [0, 0.1) is 13.8 Å². The molecule has 0 spiro atoms. The molecule has 2 aromatic carbocycles. The molecule has 30 heavy (non-hydrogen) atoms. The number of aryl methyl sites for hydroxylation is 2. The Morgan fingerprint density at radius 1 is 1.03 bits per heavy atom. The number of H-pyrrole nitrogens is 1. The number of urea groups is 1. The van der Waals surface area contributed by atoms with Gasteiger partial charge in [0, 0.05) is 27.0 Å². The maximum absolute atomic E-state index is 13.0. The van der Waals surface area contributed by atoms with Gasteiger partial charge in [-0.15, -0.1) is 11.3 Å². The molecule has 0 saturated carbocycles. The summed E-state index contributed by atoms with van der Waals surface area (Å²) in [5.41, 5.74) is 4.13. The van der Waals surface area contributed by atoms with E-state index >= 15 is 0 Å². The zero-order valence-corrected chi connectivity index (χ0v) is 17.8. The molecule has 2 amide bonds. The molecule has 4 aromatic rings. The van der Waals surface area contributed by atoms with Crippen molar-refractivity contribution in [1.29, 1.82) is 0 Å². The van der Waals surface area contributed by atoms with Crippen molar-refractivity contribution < 1.29 is 4.79 Å². The number of carbonyl (C=O) groups is 1. The molecule has 2 N–H and O–H groups in total. The lowest BCUT2D eigenvalue weighted by molar-refractivity contribution is 0.207. The maximum atomic E-state index is 13.0. The van der Waals surface area contributed by atoms with Crippen LogP contribution in [0.1, 0.15) is 21.6 Å². The highest BCUT2D eigenvalue weighted by Crippen LogP contribution is 2.20. The van der Waals surface area contributed by atoms with Crippen LogP contribution in [0.4, 0.5) is 10.5 Å². The molecular weight excluding hydrogens is 394 g/mol. The number of nitrogens with one attached hydrogen (secondary N) is 2. The topological polar surface area (TPSA) is 65.2 Å². The van der Waals surface area contributed by atoms with Crippen LogP contribution in [-0.2, 0) is 13.1 Å². The average Bonchev–Trinajstić information content (AvgIpc) is 3.22. The van der Waals surface area contributed by atoms with E-state index in [4.69, 9.17) is 0 Å². The van der Waals surface area contributed by atoms with Crippen molar-refractivity contribution in [2.24, 2.45) is 0 Å². The van der Waals surface area contributed by atoms with Crippen LogP contribution in [0.5, 0.6) is 0 Å². The van der Waals surface area contributed by atoms with Crippen LogP contribution in [-0.4, -0.2) is 15.9 Å². The van der Waals surface area contributed by atoms with Gasteiger partial charge in [0.1, 0.15) is 0 Å². The summed E-state index contributed by atoms with van der Waals surface area (Å²) in [5.74, 6) is 0. The molecule has 0 aliphatic rings. The number of nitrogens with zero attached hydrogens (tertiary/aromatic N) is 1. The Morgan fingerprint density at radius 2 is 1.83 bits per heavy atom. The standard InChI is InChI=1S/C24H23N3O2S/c1-16-11-17(2)21-13-18(23(28)26-22(21)12-16)14-27(15-20-9-6-10-30-20)24(29)25-19-7-4-3-5-8-19/h3-13H,14-15H2,1-2H3,(H,25,29)(H,26,28). The second-order valence-corrected chi connectivity index (χ2v) is 8.43. The summed E-state index contributed by atoms with van der Waals surface area (Å²) in [6.07, 6.45) is 0. The molecule has 0 aliphatic carbocycles. The van der Waals surface area contributed by atoms with Gasteiger partial charge in [-0.1, -0.05) is 30.3 Å². The number of para-hydroxylation sites is 1. The number of hydrogen-bond donors (Lipinski definition) is 2. The van der Waals surface area contributed by atoms with Crippen LogP contribution >= 0.6 is 11.3 Å². The molecule has 152 valence electrons. The molecule has 2 heterocycles. The number of rotatable bonds is 5. The van der Waals surface area contributed by atoms with Gasteiger partial charge < -0.3 is 15.2 Å². The monoisotopic (exact) mass is 417 g/mol. The fourth-order valence-electron chi connectivity index (χ4n) is 3.55. The quantitative estimate of drug-likeness (QED) is 0.454. The van der Waals surface area contributed by atoms with Crippen LogP contribution in [0.25, 0.3) is 10.9 Å². The Balaban J connectivity index is 1.66. The number of fused-ring (bicyclic) bond motifs is 1. The molecule has 4 rings (SSSR count). The molecule has 6 heteroatoms. The minimum atomic E-state index is -0.241. The number of amides is 2. The molecule has 0 atom stereocenters. The van der Waals surface area contributed by atoms with Crippen LogP contribution in [0.3, 0.4) is 0 Å². The third-order valence-corrected chi connectivity index (χ3v) is 5.85. The summed E-state index contributed by atoms with van der Waals surface area (Å²) < 4.78 is 0. The minimum absolute atomic E-state index is 0.170. The summed E-state index contributed by atoms with van der Waals surface area (Å²) in [7, 11) is 0. The predicted molar refractivity (Wildman–Crippen MR) is 123 cm³/mol. The van der Waals surface area contributed by atoms with Crippen LogP contribution < -0.4 is 10.9 Å². The van der Waals surface area contributed by atoms with E-state index in [9.17, 15) is 9.59 Å². The van der Waals surface area contributed by atoms with Crippen molar-refractivity contribution in [3.05, 3.63) is 98.0 Å². The number of pyridine rings is 1. The van der Waals surface area contributed by atoms with Crippen molar-refractivity contribution in [3.63, 3.8) is 0 Å². The normalized spacial score (nSPS) is 10.9. The highest BCUT2D eigenvalue weighted by molar-refractivity contribution is 7.09. The highest BCUT2D eigenvalue weighted by Gasteiger charge is 2.18. The molecule has 2 aromatic heterocycles. The van der Waals surface area contributed by atoms with E-state index < -0.39 is 0 Å². The Bertz CT molecular complexity index is 1230. The summed E-state index contributed by atoms with van der Waals surface area (Å²) in [5, 5.41) is 5.91. The average molecular weight is 418 g/mol. The third kappa shape index (κ3) is 4.44. The van der Waals surface area contributed by atoms with E-state index in [0.29, 0.717) is 12.1 Å². The second-order valence-electron chi connectivity index (χ2n) is 7.40. The van der Waals surface area contributed by atoms with E-state index in [1.165, 1.54) is 0 Å². The van der Waals surface area contributed by atoms with Gasteiger partial charge in [0.25, 0.3) is 5.56 Å². The lowest BCUT2D eigenvalue weighted by atomic mass is 10.0. The van der Waals surface area contributed by atoms with Crippen LogP contribution in [0.15, 0.2) is 70.8 Å². The van der Waals surface area contributed by atoms with Gasteiger partial charge in [-0.25, -0.2) is 4.79 Å². The van der Waals surface area contributed by atoms with Gasteiger partial charge in [-0.3, -0.25) is 4.79 Å². The molecule has 0 saturated heterocycles. The fourth-order valence-corrected chi connectivity index (χ4v) is 4.27. The Kier molecular flexibility index (Phi) is 5.68. The zero-order valence-electron chi connectivity index (χ0n) is 16.9. The number of thiophene rings is 1. The van der Waals surface area contributed by atoms with E-state index in [0.717, 1.165) is 32.6 Å². The molecule has 0 radical (unpaired) electrons. The van der Waals surface area contributed by atoms with E-state index in [2.05, 4.69) is 16.4 Å². The summed E-state index contributed by atoms with van der Waals surface area (Å²) in [4.78, 5) is 31.5. The predicted octanol–water partition coefficient (Wildman–Crippen LogP) is 5.44. The molecule has 5 nitrogen and oxygen atoms in total. The molecular formula is C24H23N3O2S. The maximum Gasteiger partial charge on any atom is 0.322 e. The smallest absolute Gasteiger partial charge is 0.322 e. The summed E-state index contributed by atoms with van der Waals surface area (Å²) >= 11 is 1.59. The van der Waals surface area contributed by atoms with Crippen molar-refractivity contribution in [1.82, 2.24) is 9.88 Å². The number of anilines is 1. The van der Waals surface area contributed by atoms with E-state index in [-0.39, 0.29) is 18.1 Å². The van der Waals surface area contributed by atoms with Gasteiger partial charge in [0.15, 0.2) is 0 Å². The number of aromatic amines is 1. The Morgan fingerprint density at radius 3 is 2.57 bits per heavy atom. The Labute approximate surface area is 179 Å². The minimum Gasteiger partial charge on any atom is -0.322 e. The zero-order chi connectivity index (χ0) is 21.1. The van der Waals surface area contributed by atoms with Crippen molar-refractivity contribution in [3.8, 4) is 0 Å². The summed E-state index contributed by atoms with van der Waals surface area (Å²) in [6, 6.07) is 19.0. The molecule has 0 fully saturated rings. The SMILES string of the molecule is Cc1cc(C)c2cc(CN(Cc3cccs3)C(=O)Nc3ccccc3)c(=O)[nH]c2c1. The first-order valence-electron chi connectivity index (χ1n) is 9.76. The van der Waals surface area contributed by atoms with Crippen molar-refractivity contribution in [2.45, 2.75) is 26.9 Å². The summed E-state index contributed by atoms with van der Waals surface area (Å²) in [6.45, 7) is 4.69. The lowest BCUT2D eigenvalue weighted by Crippen LogP contribution is -2.35. The fraction of sp³-hybridized carbons (Fsp3) is 0.167. The largest absolute Gasteiger partial charge is 0.322 e. The van der Waals surface area contributed by atoms with Gasteiger partial charge >= 0.3 is 6.03 Å². The number of hydrogen-bond acceptors (Lipinski definition) is 3. The van der Waals surface area contributed by atoms with Crippen molar-refractivity contribution >= 4 is 34.0 Å². The van der Waals surface area contributed by atoms with Gasteiger partial charge in [0.05, 0.1) is 13.1 Å². The van der Waals surface area contributed by atoms with Gasteiger partial charge in [0.2, 0.25) is 0 Å². The van der Waals surface area contributed by atoms with Crippen LogP contribution in [0.2, 0.25) is 0 Å². The van der Waals surface area contributed by atoms with Crippen molar-refractivity contribution in [2.75, 3.05) is 5.32 Å². The van der Waals surface area contributed by atoms with Gasteiger partial charge in [-0.2, -0.15) is 0 Å². The first kappa shape index (κ1) is 19.9. The molecule has 0 bridgehead atoms. The Hall–Kier alpha value is -3.38. The lowest BCUT2D eigenvalue weighted by Gasteiger charge is -2.23. The van der Waals surface area contributed by atoms with E-state index in [1.807, 2.05) is 73.8 Å². The first-order valence-corrected chi connectivity index (χ1v) is 10.6. The third-order valence-electron chi connectivity index (χ3n) is 4.99. The number of benzene rings is 2. The second kappa shape index (κ2) is 8.55. The van der Waals surface area contributed by atoms with Gasteiger partial charge in [-0.05, 0) is 60.7 Å². The molecule has 0 unspecified atom stereocenters. The molecule has 0 aliphatic heterocycles. The highest BCUT2D eigenvalue weighted by atomic mass is 32.1.